The number of para-hydroxylation sites is 2. The van der Waals surface area contributed by atoms with Crippen molar-refractivity contribution in [3.63, 3.8) is 0 Å². The molecule has 1 aliphatic rings. The Morgan fingerprint density at radius 2 is 1.61 bits per heavy atom. The van der Waals surface area contributed by atoms with Crippen LogP contribution in [-0.4, -0.2) is 21.2 Å². The fraction of sp³-hybridized carbons (Fsp3) is 0.0800. The summed E-state index contributed by atoms with van der Waals surface area (Å²) in [6.45, 7) is 1.87. The fourth-order valence-electron chi connectivity index (χ4n) is 3.75. The van der Waals surface area contributed by atoms with Crippen LogP contribution in [0, 0.1) is 0 Å². The lowest BCUT2D eigenvalue weighted by Gasteiger charge is -2.26. The van der Waals surface area contributed by atoms with Gasteiger partial charge >= 0.3 is 0 Å². The molecule has 0 unspecified atom stereocenters. The zero-order valence-corrected chi connectivity index (χ0v) is 16.9. The number of hydrogen-bond donors (Lipinski definition) is 1. The third-order valence-corrected chi connectivity index (χ3v) is 5.36. The van der Waals surface area contributed by atoms with E-state index in [1.54, 1.807) is 12.5 Å². The molecule has 6 heteroatoms. The van der Waals surface area contributed by atoms with E-state index in [9.17, 15) is 4.79 Å². The number of benzene rings is 3. The summed E-state index contributed by atoms with van der Waals surface area (Å²) < 4.78 is 7.90. The van der Waals surface area contributed by atoms with Crippen LogP contribution in [0.15, 0.2) is 96.6 Å². The van der Waals surface area contributed by atoms with E-state index in [4.69, 9.17) is 4.74 Å². The summed E-state index contributed by atoms with van der Waals surface area (Å²) in [6, 6.07) is 23.1. The molecule has 6 nitrogen and oxygen atoms in total. The van der Waals surface area contributed by atoms with Crippen molar-refractivity contribution in [2.75, 3.05) is 0 Å². The van der Waals surface area contributed by atoms with Gasteiger partial charge in [-0.25, -0.2) is 10.4 Å². The summed E-state index contributed by atoms with van der Waals surface area (Å²) in [4.78, 5) is 17.2. The van der Waals surface area contributed by atoms with Crippen molar-refractivity contribution in [2.24, 2.45) is 5.10 Å². The summed E-state index contributed by atoms with van der Waals surface area (Å²) in [5.41, 5.74) is 7.07. The highest BCUT2D eigenvalue weighted by molar-refractivity contribution is 6.00. The number of hydrazone groups is 1. The van der Waals surface area contributed by atoms with E-state index in [1.807, 2.05) is 90.5 Å². The minimum atomic E-state index is -0.485. The standard InChI is InChI=1S/C25H20N4O2/c1-17(18-10-12-19(13-11-18)29-15-14-26-16-29)27-28-25(30)24-20-6-2-4-8-22(20)31-23-9-5-3-7-21(23)24/h2-16,24H,1H3,(H,28,30)/b27-17-. The second-order valence-electron chi connectivity index (χ2n) is 7.30. The van der Waals surface area contributed by atoms with Gasteiger partial charge in [0, 0.05) is 29.2 Å². The van der Waals surface area contributed by atoms with Gasteiger partial charge in [-0.2, -0.15) is 5.10 Å². The highest BCUT2D eigenvalue weighted by Crippen LogP contribution is 2.43. The van der Waals surface area contributed by atoms with Crippen LogP contribution in [0.1, 0.15) is 29.5 Å². The molecule has 0 radical (unpaired) electrons. The summed E-state index contributed by atoms with van der Waals surface area (Å²) in [5.74, 6) is 0.702. The molecule has 0 saturated carbocycles. The molecule has 5 rings (SSSR count). The number of rotatable bonds is 4. The number of carbonyl (C=O) groups excluding carboxylic acids is 1. The van der Waals surface area contributed by atoms with E-state index in [1.165, 1.54) is 0 Å². The maximum Gasteiger partial charge on any atom is 0.252 e. The van der Waals surface area contributed by atoms with Crippen LogP contribution in [0.3, 0.4) is 0 Å². The van der Waals surface area contributed by atoms with Crippen molar-refractivity contribution in [2.45, 2.75) is 12.8 Å². The molecule has 1 aliphatic heterocycles. The normalized spacial score (nSPS) is 13.1. The molecular weight excluding hydrogens is 388 g/mol. The molecule has 0 spiro atoms. The Hall–Kier alpha value is -4.19. The molecule has 31 heavy (non-hydrogen) atoms. The lowest BCUT2D eigenvalue weighted by Crippen LogP contribution is -2.29. The first-order valence-corrected chi connectivity index (χ1v) is 9.99. The Morgan fingerprint density at radius 1 is 0.968 bits per heavy atom. The van der Waals surface area contributed by atoms with E-state index >= 15 is 0 Å². The molecule has 1 aromatic heterocycles. The maximum atomic E-state index is 13.2. The molecule has 0 atom stereocenters. The average Bonchev–Trinajstić information content (AvgIpc) is 3.36. The summed E-state index contributed by atoms with van der Waals surface area (Å²) >= 11 is 0. The first-order valence-electron chi connectivity index (χ1n) is 9.99. The van der Waals surface area contributed by atoms with Gasteiger partial charge in [0.1, 0.15) is 11.5 Å². The van der Waals surface area contributed by atoms with Gasteiger partial charge in [-0.1, -0.05) is 48.5 Å². The fourth-order valence-corrected chi connectivity index (χ4v) is 3.75. The lowest BCUT2D eigenvalue weighted by molar-refractivity contribution is -0.121. The van der Waals surface area contributed by atoms with E-state index in [-0.39, 0.29) is 5.91 Å². The molecule has 3 aromatic carbocycles. The summed E-state index contributed by atoms with van der Waals surface area (Å²) in [7, 11) is 0. The Bertz CT molecular complexity index is 1220. The maximum absolute atomic E-state index is 13.2. The molecule has 0 aliphatic carbocycles. The van der Waals surface area contributed by atoms with Crippen LogP contribution in [0.4, 0.5) is 0 Å². The van der Waals surface area contributed by atoms with Crippen molar-refractivity contribution < 1.29 is 9.53 Å². The molecule has 152 valence electrons. The Morgan fingerprint density at radius 3 is 2.23 bits per heavy atom. The van der Waals surface area contributed by atoms with Crippen LogP contribution in [0.25, 0.3) is 5.69 Å². The van der Waals surface area contributed by atoms with E-state index in [0.717, 1.165) is 28.1 Å². The third kappa shape index (κ3) is 3.59. The van der Waals surface area contributed by atoms with E-state index < -0.39 is 5.92 Å². The minimum absolute atomic E-state index is 0.197. The van der Waals surface area contributed by atoms with Crippen LogP contribution >= 0.6 is 0 Å². The van der Waals surface area contributed by atoms with Gasteiger partial charge in [0.15, 0.2) is 0 Å². The minimum Gasteiger partial charge on any atom is -0.457 e. The van der Waals surface area contributed by atoms with Crippen LogP contribution in [-0.2, 0) is 4.79 Å². The molecular formula is C25H20N4O2. The molecule has 1 N–H and O–H groups in total. The smallest absolute Gasteiger partial charge is 0.252 e. The van der Waals surface area contributed by atoms with Gasteiger partial charge in [-0.3, -0.25) is 4.79 Å². The SMILES string of the molecule is C/C(=N/NC(=O)C1c2ccccc2Oc2ccccc21)c1ccc(-n2ccnc2)cc1. The van der Waals surface area contributed by atoms with Gasteiger partial charge in [0.05, 0.1) is 18.0 Å². The number of ether oxygens (including phenoxy) is 1. The lowest BCUT2D eigenvalue weighted by atomic mass is 9.87. The predicted octanol–water partition coefficient (Wildman–Crippen LogP) is 4.65. The van der Waals surface area contributed by atoms with Gasteiger partial charge in [-0.05, 0) is 36.8 Å². The van der Waals surface area contributed by atoms with Crippen molar-refractivity contribution in [1.29, 1.82) is 0 Å². The van der Waals surface area contributed by atoms with Crippen LogP contribution < -0.4 is 10.2 Å². The number of carbonyl (C=O) groups is 1. The summed E-state index contributed by atoms with van der Waals surface area (Å²) in [5, 5.41) is 4.36. The summed E-state index contributed by atoms with van der Waals surface area (Å²) in [6.07, 6.45) is 5.38. The molecule has 1 amide bonds. The first kappa shape index (κ1) is 18.8. The van der Waals surface area contributed by atoms with Crippen molar-refractivity contribution >= 4 is 11.6 Å². The number of fused-ring (bicyclic) bond motifs is 2. The molecule has 0 saturated heterocycles. The highest BCUT2D eigenvalue weighted by atomic mass is 16.5. The number of nitrogens with zero attached hydrogens (tertiary/aromatic N) is 3. The zero-order chi connectivity index (χ0) is 21.2. The number of nitrogens with one attached hydrogen (secondary N) is 1. The second-order valence-corrected chi connectivity index (χ2v) is 7.30. The molecule has 4 aromatic rings. The number of aromatic nitrogens is 2. The molecule has 2 heterocycles. The van der Waals surface area contributed by atoms with E-state index in [2.05, 4.69) is 15.5 Å². The predicted molar refractivity (Wildman–Crippen MR) is 119 cm³/mol. The zero-order valence-electron chi connectivity index (χ0n) is 16.9. The highest BCUT2D eigenvalue weighted by Gasteiger charge is 2.32. The third-order valence-electron chi connectivity index (χ3n) is 5.36. The number of hydrogen-bond acceptors (Lipinski definition) is 4. The van der Waals surface area contributed by atoms with Crippen molar-refractivity contribution in [3.05, 3.63) is 108 Å². The molecule has 0 bridgehead atoms. The Labute approximate surface area is 179 Å². The van der Waals surface area contributed by atoms with Crippen LogP contribution in [0.5, 0.6) is 11.5 Å². The quantitative estimate of drug-likeness (QED) is 0.395. The second kappa shape index (κ2) is 7.91. The van der Waals surface area contributed by atoms with Crippen LogP contribution in [0.2, 0.25) is 0 Å². The van der Waals surface area contributed by atoms with Gasteiger partial charge in [-0.15, -0.1) is 0 Å². The topological polar surface area (TPSA) is 68.5 Å². The largest absolute Gasteiger partial charge is 0.457 e. The van der Waals surface area contributed by atoms with E-state index in [0.29, 0.717) is 11.5 Å². The Kier molecular flexibility index (Phi) is 4.80. The number of amides is 1. The van der Waals surface area contributed by atoms with Gasteiger partial charge in [0.2, 0.25) is 0 Å². The van der Waals surface area contributed by atoms with Gasteiger partial charge in [0.25, 0.3) is 5.91 Å². The first-order chi connectivity index (χ1) is 15.2. The van der Waals surface area contributed by atoms with Crippen molar-refractivity contribution in [3.8, 4) is 17.2 Å². The molecule has 0 fully saturated rings. The van der Waals surface area contributed by atoms with Crippen molar-refractivity contribution in [1.82, 2.24) is 15.0 Å². The monoisotopic (exact) mass is 408 g/mol. The number of imidazole rings is 1. The average molecular weight is 408 g/mol. The van der Waals surface area contributed by atoms with Gasteiger partial charge < -0.3 is 9.30 Å². The Balaban J connectivity index is 1.39.